The summed E-state index contributed by atoms with van der Waals surface area (Å²) in [6, 6.07) is 0. The minimum absolute atomic E-state index is 0.235. The summed E-state index contributed by atoms with van der Waals surface area (Å²) in [7, 11) is 0. The second-order valence-electron chi connectivity index (χ2n) is 2.97. The molecule has 0 aromatic rings. The molecule has 0 N–H and O–H groups in total. The first-order chi connectivity index (χ1) is 5.27. The quantitative estimate of drug-likeness (QED) is 0.459. The van der Waals surface area contributed by atoms with Crippen LogP contribution in [0.1, 0.15) is 13.8 Å². The third kappa shape index (κ3) is 0.946. The minimum atomic E-state index is 0.235. The minimum Gasteiger partial charge on any atom is -0.215 e. The second-order valence-corrected chi connectivity index (χ2v) is 2.97. The molecule has 0 radical (unpaired) electrons. The van der Waals surface area contributed by atoms with Crippen LogP contribution in [0.5, 0.6) is 0 Å². The summed E-state index contributed by atoms with van der Waals surface area (Å²) in [6.45, 7) is 4.17. The Morgan fingerprint density at radius 1 is 1.45 bits per heavy atom. The highest BCUT2D eigenvalue weighted by molar-refractivity contribution is 6.27. The van der Waals surface area contributed by atoms with Gasteiger partial charge >= 0.3 is 0 Å². The van der Waals surface area contributed by atoms with E-state index in [0.29, 0.717) is 0 Å². The summed E-state index contributed by atoms with van der Waals surface area (Å²) in [5.74, 6) is 0. The van der Waals surface area contributed by atoms with Gasteiger partial charge in [0.05, 0.1) is 6.21 Å². The molecular weight excluding hydrogens is 136 g/mol. The van der Waals surface area contributed by atoms with Crippen molar-refractivity contribution in [1.29, 1.82) is 0 Å². The van der Waals surface area contributed by atoms with E-state index in [0.717, 1.165) is 0 Å². The van der Waals surface area contributed by atoms with Crippen LogP contribution >= 0.6 is 0 Å². The zero-order chi connectivity index (χ0) is 7.84. The standard InChI is InChI=1S/C9H11N2/c1-7-3-4-9-10-5-8(2)11(9)6-7/h3-6,9H,1-2H3/q+1. The lowest BCUT2D eigenvalue weighted by molar-refractivity contribution is -0.481. The Bertz CT molecular complexity index is 306. The molecule has 2 nitrogen and oxygen atoms in total. The van der Waals surface area contributed by atoms with Crippen molar-refractivity contribution in [1.82, 2.24) is 0 Å². The summed E-state index contributed by atoms with van der Waals surface area (Å²) >= 11 is 0. The average molecular weight is 147 g/mol. The SMILES string of the molecule is CC1=C[N+]2=C(C)C=NC2C=C1. The molecule has 0 aromatic carbocycles. The molecule has 0 aromatic heterocycles. The van der Waals surface area contributed by atoms with Crippen molar-refractivity contribution in [3.05, 3.63) is 23.9 Å². The maximum atomic E-state index is 4.31. The summed E-state index contributed by atoms with van der Waals surface area (Å²) < 4.78 is 2.18. The Hall–Kier alpha value is -1.18. The van der Waals surface area contributed by atoms with Gasteiger partial charge in [-0.15, -0.1) is 0 Å². The largest absolute Gasteiger partial charge is 0.270 e. The Balaban J connectivity index is 2.46. The molecule has 2 aliphatic heterocycles. The van der Waals surface area contributed by atoms with Crippen LogP contribution in [-0.4, -0.2) is 22.7 Å². The van der Waals surface area contributed by atoms with Crippen molar-refractivity contribution >= 4 is 11.9 Å². The molecule has 0 amide bonds. The molecule has 0 bridgehead atoms. The van der Waals surface area contributed by atoms with Crippen LogP contribution in [0.3, 0.4) is 0 Å². The third-order valence-corrected chi connectivity index (χ3v) is 1.98. The molecule has 1 atom stereocenters. The van der Waals surface area contributed by atoms with Gasteiger partial charge in [-0.2, -0.15) is 4.58 Å². The van der Waals surface area contributed by atoms with E-state index in [1.807, 2.05) is 6.21 Å². The number of rotatable bonds is 0. The molecular formula is C9H11N2+. The molecule has 0 spiro atoms. The molecule has 1 unspecified atom stereocenters. The number of aliphatic imine (C=N–C) groups is 1. The lowest BCUT2D eigenvalue weighted by Crippen LogP contribution is -2.19. The maximum Gasteiger partial charge on any atom is 0.270 e. The molecule has 0 saturated carbocycles. The third-order valence-electron chi connectivity index (χ3n) is 1.98. The monoisotopic (exact) mass is 147 g/mol. The zero-order valence-corrected chi connectivity index (χ0v) is 6.78. The zero-order valence-electron chi connectivity index (χ0n) is 6.78. The van der Waals surface area contributed by atoms with E-state index in [-0.39, 0.29) is 6.17 Å². The first-order valence-corrected chi connectivity index (χ1v) is 3.79. The first-order valence-electron chi connectivity index (χ1n) is 3.79. The Morgan fingerprint density at radius 2 is 2.27 bits per heavy atom. The Morgan fingerprint density at radius 3 is 3.09 bits per heavy atom. The van der Waals surface area contributed by atoms with E-state index in [1.54, 1.807) is 0 Å². The lowest BCUT2D eigenvalue weighted by atomic mass is 10.2. The predicted octanol–water partition coefficient (Wildman–Crippen LogP) is 1.34. The lowest BCUT2D eigenvalue weighted by Gasteiger charge is -2.04. The van der Waals surface area contributed by atoms with E-state index in [2.05, 4.69) is 41.8 Å². The van der Waals surface area contributed by atoms with Gasteiger partial charge in [0.15, 0.2) is 11.9 Å². The van der Waals surface area contributed by atoms with Crippen molar-refractivity contribution < 1.29 is 4.58 Å². The first kappa shape index (κ1) is 6.53. The van der Waals surface area contributed by atoms with Crippen LogP contribution < -0.4 is 0 Å². The van der Waals surface area contributed by atoms with Crippen molar-refractivity contribution in [2.75, 3.05) is 0 Å². The molecule has 56 valence electrons. The average Bonchev–Trinajstić information content (AvgIpc) is 2.33. The van der Waals surface area contributed by atoms with E-state index < -0.39 is 0 Å². The smallest absolute Gasteiger partial charge is 0.215 e. The Labute approximate surface area is 66.3 Å². The molecule has 0 aliphatic carbocycles. The molecule has 2 aliphatic rings. The fourth-order valence-electron chi connectivity index (χ4n) is 1.35. The van der Waals surface area contributed by atoms with Crippen LogP contribution in [0.4, 0.5) is 0 Å². The molecule has 2 heteroatoms. The van der Waals surface area contributed by atoms with Gasteiger partial charge in [-0.05, 0) is 13.0 Å². The summed E-state index contributed by atoms with van der Waals surface area (Å²) in [6.07, 6.45) is 8.51. The number of hydrogen-bond donors (Lipinski definition) is 0. The van der Waals surface area contributed by atoms with Gasteiger partial charge in [0.1, 0.15) is 0 Å². The van der Waals surface area contributed by atoms with Gasteiger partial charge in [-0.3, -0.25) is 0 Å². The highest BCUT2D eigenvalue weighted by Gasteiger charge is 2.24. The van der Waals surface area contributed by atoms with Crippen LogP contribution in [0.25, 0.3) is 0 Å². The molecule has 2 heterocycles. The van der Waals surface area contributed by atoms with Crippen LogP contribution in [0, 0.1) is 0 Å². The highest BCUT2D eigenvalue weighted by Crippen LogP contribution is 2.12. The van der Waals surface area contributed by atoms with Crippen LogP contribution in [0.2, 0.25) is 0 Å². The van der Waals surface area contributed by atoms with Gasteiger partial charge in [0.2, 0.25) is 0 Å². The van der Waals surface area contributed by atoms with Crippen molar-refractivity contribution in [3.63, 3.8) is 0 Å². The molecule has 0 fully saturated rings. The fraction of sp³-hybridized carbons (Fsp3) is 0.333. The fourth-order valence-corrected chi connectivity index (χ4v) is 1.35. The number of nitrogens with zero attached hydrogens (tertiary/aromatic N) is 2. The topological polar surface area (TPSA) is 15.4 Å². The van der Waals surface area contributed by atoms with Gasteiger partial charge in [-0.1, -0.05) is 0 Å². The molecule has 2 rings (SSSR count). The van der Waals surface area contributed by atoms with E-state index in [4.69, 9.17) is 0 Å². The van der Waals surface area contributed by atoms with Gasteiger partial charge in [0.25, 0.3) is 6.17 Å². The van der Waals surface area contributed by atoms with Crippen molar-refractivity contribution in [3.8, 4) is 0 Å². The van der Waals surface area contributed by atoms with E-state index in [1.165, 1.54) is 11.3 Å². The molecule has 11 heavy (non-hydrogen) atoms. The number of allylic oxidation sites excluding steroid dienone is 2. The van der Waals surface area contributed by atoms with Gasteiger partial charge in [-0.25, -0.2) is 4.99 Å². The van der Waals surface area contributed by atoms with E-state index in [9.17, 15) is 0 Å². The normalized spacial score (nSPS) is 27.5. The summed E-state index contributed by atoms with van der Waals surface area (Å²) in [5.41, 5.74) is 2.50. The van der Waals surface area contributed by atoms with Crippen molar-refractivity contribution in [2.24, 2.45) is 4.99 Å². The summed E-state index contributed by atoms with van der Waals surface area (Å²) in [5, 5.41) is 0. The number of fused-ring (bicyclic) bond motifs is 1. The Kier molecular flexibility index (Phi) is 1.28. The number of hydrogen-bond acceptors (Lipinski definition) is 1. The highest BCUT2D eigenvalue weighted by atomic mass is 15.2. The molecule has 0 saturated heterocycles. The second kappa shape index (κ2) is 2.16. The van der Waals surface area contributed by atoms with Crippen LogP contribution in [-0.2, 0) is 0 Å². The van der Waals surface area contributed by atoms with E-state index >= 15 is 0 Å². The maximum absolute atomic E-state index is 4.31. The van der Waals surface area contributed by atoms with Crippen molar-refractivity contribution in [2.45, 2.75) is 20.0 Å². The predicted molar refractivity (Wildman–Crippen MR) is 46.1 cm³/mol. The van der Waals surface area contributed by atoms with Crippen LogP contribution in [0.15, 0.2) is 28.9 Å². The van der Waals surface area contributed by atoms with Gasteiger partial charge < -0.3 is 0 Å². The summed E-state index contributed by atoms with van der Waals surface area (Å²) in [4.78, 5) is 4.31. The van der Waals surface area contributed by atoms with Gasteiger partial charge in [0, 0.05) is 18.6 Å².